The zero-order valence-corrected chi connectivity index (χ0v) is 12.4. The van der Waals surface area contributed by atoms with Crippen molar-refractivity contribution >= 4 is 5.69 Å². The lowest BCUT2D eigenvalue weighted by atomic mass is 10.2. The summed E-state index contributed by atoms with van der Waals surface area (Å²) in [5.41, 5.74) is 1.84. The summed E-state index contributed by atoms with van der Waals surface area (Å²) in [5, 5.41) is 23.9. The van der Waals surface area contributed by atoms with Crippen molar-refractivity contribution in [1.29, 1.82) is 0 Å². The number of hydrazine groups is 1. The Morgan fingerprint density at radius 2 is 1.73 bits per heavy atom. The number of hydrogen-bond donors (Lipinski definition) is 2. The molecule has 1 heterocycles. The molecule has 0 radical (unpaired) electrons. The Labute approximate surface area is 129 Å². The molecule has 1 aliphatic rings. The Morgan fingerprint density at radius 3 is 2.41 bits per heavy atom. The standard InChI is InChI=1S/C17H20N2O3/c20-15-6-7-16(17(21)12-15)19(18-8-10-22-11-9-18)13-14-4-2-1-3-5-14/h1-7,12,20-21H,8-11,13H2. The highest BCUT2D eigenvalue weighted by atomic mass is 16.5. The Bertz CT molecular complexity index is 613. The Kier molecular flexibility index (Phi) is 4.46. The summed E-state index contributed by atoms with van der Waals surface area (Å²) in [6.07, 6.45) is 0. The van der Waals surface area contributed by atoms with Crippen LogP contribution in [-0.4, -0.2) is 41.5 Å². The second kappa shape index (κ2) is 6.68. The molecule has 1 aliphatic heterocycles. The first-order valence-corrected chi connectivity index (χ1v) is 7.40. The number of rotatable bonds is 4. The van der Waals surface area contributed by atoms with Gasteiger partial charge in [-0.15, -0.1) is 0 Å². The van der Waals surface area contributed by atoms with Crippen LogP contribution in [0.15, 0.2) is 48.5 Å². The number of ether oxygens (including phenoxy) is 1. The second-order valence-electron chi connectivity index (χ2n) is 5.28. The maximum absolute atomic E-state index is 10.2. The average Bonchev–Trinajstić information content (AvgIpc) is 2.55. The molecule has 1 fully saturated rings. The van der Waals surface area contributed by atoms with E-state index in [4.69, 9.17) is 4.74 Å². The van der Waals surface area contributed by atoms with Crippen LogP contribution in [0.1, 0.15) is 5.56 Å². The largest absolute Gasteiger partial charge is 0.508 e. The summed E-state index contributed by atoms with van der Waals surface area (Å²) in [5.74, 6) is 0.130. The zero-order valence-electron chi connectivity index (χ0n) is 12.4. The molecule has 2 N–H and O–H groups in total. The number of morpholine rings is 1. The van der Waals surface area contributed by atoms with Gasteiger partial charge in [0.2, 0.25) is 0 Å². The average molecular weight is 300 g/mol. The molecule has 22 heavy (non-hydrogen) atoms. The molecule has 2 aromatic carbocycles. The van der Waals surface area contributed by atoms with Gasteiger partial charge in [-0.3, -0.25) is 5.01 Å². The zero-order chi connectivity index (χ0) is 15.4. The van der Waals surface area contributed by atoms with Gasteiger partial charge in [-0.2, -0.15) is 0 Å². The topological polar surface area (TPSA) is 56.2 Å². The Morgan fingerprint density at radius 1 is 1.00 bits per heavy atom. The Balaban J connectivity index is 1.91. The van der Waals surface area contributed by atoms with Crippen LogP contribution in [0, 0.1) is 0 Å². The highest BCUT2D eigenvalue weighted by molar-refractivity contribution is 5.59. The second-order valence-corrected chi connectivity index (χ2v) is 5.28. The predicted molar refractivity (Wildman–Crippen MR) is 84.8 cm³/mol. The molecule has 0 unspecified atom stereocenters. The molecule has 3 rings (SSSR count). The van der Waals surface area contributed by atoms with Crippen molar-refractivity contribution in [1.82, 2.24) is 5.01 Å². The molecule has 1 saturated heterocycles. The molecule has 5 heteroatoms. The van der Waals surface area contributed by atoms with Crippen molar-refractivity contribution in [2.75, 3.05) is 31.3 Å². The first-order chi connectivity index (χ1) is 10.7. The normalized spacial score (nSPS) is 15.6. The number of aromatic hydroxyl groups is 2. The van der Waals surface area contributed by atoms with Gasteiger partial charge in [0, 0.05) is 19.2 Å². The van der Waals surface area contributed by atoms with E-state index in [0.717, 1.165) is 18.7 Å². The van der Waals surface area contributed by atoms with Crippen LogP contribution in [0.4, 0.5) is 5.69 Å². The summed E-state index contributed by atoms with van der Waals surface area (Å²) < 4.78 is 5.41. The number of hydrogen-bond acceptors (Lipinski definition) is 5. The summed E-state index contributed by atoms with van der Waals surface area (Å²) in [6.45, 7) is 3.54. The highest BCUT2D eigenvalue weighted by Gasteiger charge is 2.21. The third kappa shape index (κ3) is 3.32. The van der Waals surface area contributed by atoms with E-state index in [2.05, 4.69) is 17.1 Å². The Hall–Kier alpha value is -2.24. The molecule has 2 aromatic rings. The van der Waals surface area contributed by atoms with Gasteiger partial charge in [-0.1, -0.05) is 30.3 Å². The minimum atomic E-state index is 0.0582. The lowest BCUT2D eigenvalue weighted by Crippen LogP contribution is -2.48. The van der Waals surface area contributed by atoms with E-state index < -0.39 is 0 Å². The minimum Gasteiger partial charge on any atom is -0.508 e. The van der Waals surface area contributed by atoms with E-state index in [0.29, 0.717) is 25.4 Å². The van der Waals surface area contributed by atoms with Crippen LogP contribution in [0.2, 0.25) is 0 Å². The molecule has 116 valence electrons. The van der Waals surface area contributed by atoms with Gasteiger partial charge in [0.1, 0.15) is 11.5 Å². The van der Waals surface area contributed by atoms with Gasteiger partial charge >= 0.3 is 0 Å². The molecule has 5 nitrogen and oxygen atoms in total. The fourth-order valence-electron chi connectivity index (χ4n) is 2.62. The molecular weight excluding hydrogens is 280 g/mol. The van der Waals surface area contributed by atoms with Crippen LogP contribution >= 0.6 is 0 Å². The maximum atomic E-state index is 10.2. The van der Waals surface area contributed by atoms with E-state index in [9.17, 15) is 10.2 Å². The molecular formula is C17H20N2O3. The lowest BCUT2D eigenvalue weighted by molar-refractivity contribution is 0.0304. The third-order valence-corrected chi connectivity index (χ3v) is 3.74. The fourth-order valence-corrected chi connectivity index (χ4v) is 2.62. The first-order valence-electron chi connectivity index (χ1n) is 7.40. The van der Waals surface area contributed by atoms with Crippen molar-refractivity contribution in [3.8, 4) is 11.5 Å². The quantitative estimate of drug-likeness (QED) is 0.908. The number of benzene rings is 2. The van der Waals surface area contributed by atoms with Crippen molar-refractivity contribution in [3.63, 3.8) is 0 Å². The van der Waals surface area contributed by atoms with Crippen LogP contribution in [0.25, 0.3) is 0 Å². The van der Waals surface area contributed by atoms with Crippen molar-refractivity contribution in [3.05, 3.63) is 54.1 Å². The summed E-state index contributed by atoms with van der Waals surface area (Å²) in [4.78, 5) is 0. The van der Waals surface area contributed by atoms with Crippen molar-refractivity contribution < 1.29 is 14.9 Å². The third-order valence-electron chi connectivity index (χ3n) is 3.74. The van der Waals surface area contributed by atoms with E-state index in [1.807, 2.05) is 23.2 Å². The van der Waals surface area contributed by atoms with E-state index in [1.165, 1.54) is 6.07 Å². The van der Waals surface area contributed by atoms with Gasteiger partial charge in [0.25, 0.3) is 0 Å². The molecule has 0 bridgehead atoms. The molecule has 0 amide bonds. The van der Waals surface area contributed by atoms with Gasteiger partial charge in [0.05, 0.1) is 25.4 Å². The van der Waals surface area contributed by atoms with Crippen LogP contribution < -0.4 is 5.01 Å². The number of phenols is 2. The van der Waals surface area contributed by atoms with E-state index in [1.54, 1.807) is 12.1 Å². The van der Waals surface area contributed by atoms with E-state index in [-0.39, 0.29) is 11.5 Å². The van der Waals surface area contributed by atoms with E-state index >= 15 is 0 Å². The summed E-state index contributed by atoms with van der Waals surface area (Å²) >= 11 is 0. The molecule has 0 saturated carbocycles. The van der Waals surface area contributed by atoms with Crippen molar-refractivity contribution in [2.45, 2.75) is 6.54 Å². The van der Waals surface area contributed by atoms with Gasteiger partial charge in [-0.05, 0) is 17.7 Å². The first kappa shape index (κ1) is 14.7. The minimum absolute atomic E-state index is 0.0582. The van der Waals surface area contributed by atoms with Crippen molar-refractivity contribution in [2.24, 2.45) is 0 Å². The van der Waals surface area contributed by atoms with Crippen LogP contribution in [-0.2, 0) is 11.3 Å². The highest BCUT2D eigenvalue weighted by Crippen LogP contribution is 2.33. The van der Waals surface area contributed by atoms with Crippen LogP contribution in [0.3, 0.4) is 0 Å². The molecule has 0 spiro atoms. The monoisotopic (exact) mass is 300 g/mol. The van der Waals surface area contributed by atoms with Gasteiger partial charge in [-0.25, -0.2) is 5.01 Å². The predicted octanol–water partition coefficient (Wildman–Crippen LogP) is 2.35. The summed E-state index contributed by atoms with van der Waals surface area (Å²) in [6, 6.07) is 14.8. The molecule has 0 aromatic heterocycles. The van der Waals surface area contributed by atoms with Gasteiger partial charge in [0.15, 0.2) is 0 Å². The fraction of sp³-hybridized carbons (Fsp3) is 0.294. The van der Waals surface area contributed by atoms with Crippen LogP contribution in [0.5, 0.6) is 11.5 Å². The molecule has 0 atom stereocenters. The van der Waals surface area contributed by atoms with Gasteiger partial charge < -0.3 is 14.9 Å². The maximum Gasteiger partial charge on any atom is 0.143 e. The number of anilines is 1. The lowest BCUT2D eigenvalue weighted by Gasteiger charge is -2.39. The summed E-state index contributed by atoms with van der Waals surface area (Å²) in [7, 11) is 0. The molecule has 0 aliphatic carbocycles. The number of nitrogens with zero attached hydrogens (tertiary/aromatic N) is 2. The SMILES string of the molecule is Oc1ccc(N(Cc2ccccc2)N2CCOCC2)c(O)c1. The smallest absolute Gasteiger partial charge is 0.143 e. The number of phenolic OH excluding ortho intramolecular Hbond substituents is 2.